The maximum absolute atomic E-state index is 11.6. The lowest BCUT2D eigenvalue weighted by Crippen LogP contribution is -2.14. The normalized spacial score (nSPS) is 10.1. The minimum absolute atomic E-state index is 0.116. The molecular formula is C8H7ClN6O. The number of carbonyl (C=O) groups is 1. The monoisotopic (exact) mass is 238 g/mol. The summed E-state index contributed by atoms with van der Waals surface area (Å²) in [6, 6.07) is 2.91. The molecule has 0 atom stereocenters. The van der Waals surface area contributed by atoms with Gasteiger partial charge in [-0.2, -0.15) is 5.10 Å². The summed E-state index contributed by atoms with van der Waals surface area (Å²) in [6.45, 7) is 0. The van der Waals surface area contributed by atoms with Gasteiger partial charge in [-0.05, 0) is 6.07 Å². The molecule has 2 heterocycles. The van der Waals surface area contributed by atoms with Crippen LogP contribution in [0.2, 0.25) is 5.15 Å². The van der Waals surface area contributed by atoms with E-state index in [0.717, 1.165) is 0 Å². The van der Waals surface area contributed by atoms with Gasteiger partial charge < -0.3 is 5.73 Å². The predicted octanol–water partition coefficient (Wildman–Crippen LogP) is 0.688. The highest BCUT2D eigenvalue weighted by atomic mass is 35.5. The molecule has 82 valence electrons. The molecule has 2 aromatic heterocycles. The molecule has 0 aliphatic rings. The van der Waals surface area contributed by atoms with Crippen molar-refractivity contribution in [3.05, 3.63) is 29.2 Å². The average Bonchev–Trinajstić information content (AvgIpc) is 2.65. The van der Waals surface area contributed by atoms with Crippen LogP contribution in [0.3, 0.4) is 0 Å². The minimum atomic E-state index is -0.438. The van der Waals surface area contributed by atoms with Gasteiger partial charge in [0, 0.05) is 12.3 Å². The van der Waals surface area contributed by atoms with Gasteiger partial charge in [0.15, 0.2) is 0 Å². The van der Waals surface area contributed by atoms with E-state index in [9.17, 15) is 4.79 Å². The van der Waals surface area contributed by atoms with Crippen molar-refractivity contribution in [1.82, 2.24) is 20.2 Å². The van der Waals surface area contributed by atoms with Crippen LogP contribution >= 0.6 is 11.6 Å². The number of aromatic nitrogens is 4. The molecule has 0 saturated heterocycles. The summed E-state index contributed by atoms with van der Waals surface area (Å²) in [6.07, 6.45) is 1.44. The van der Waals surface area contributed by atoms with Crippen LogP contribution in [0.15, 0.2) is 18.3 Å². The van der Waals surface area contributed by atoms with Crippen molar-refractivity contribution in [3.63, 3.8) is 0 Å². The van der Waals surface area contributed by atoms with Crippen LogP contribution in [0.1, 0.15) is 10.5 Å². The summed E-state index contributed by atoms with van der Waals surface area (Å²) in [5.41, 5.74) is 5.58. The van der Waals surface area contributed by atoms with E-state index >= 15 is 0 Å². The first-order chi connectivity index (χ1) is 7.65. The third-order valence-electron chi connectivity index (χ3n) is 1.69. The van der Waals surface area contributed by atoms with E-state index in [0.29, 0.717) is 0 Å². The number of hydrogen-bond donors (Lipinski definition) is 3. The third-order valence-corrected chi connectivity index (χ3v) is 1.90. The van der Waals surface area contributed by atoms with E-state index in [-0.39, 0.29) is 22.6 Å². The molecule has 2 rings (SSSR count). The summed E-state index contributed by atoms with van der Waals surface area (Å²) < 4.78 is 0. The Morgan fingerprint density at radius 3 is 3.00 bits per heavy atom. The number of H-pyrrole nitrogens is 1. The first-order valence-electron chi connectivity index (χ1n) is 4.26. The van der Waals surface area contributed by atoms with Crippen LogP contribution in [0.4, 0.5) is 11.8 Å². The van der Waals surface area contributed by atoms with E-state index in [1.165, 1.54) is 18.3 Å². The van der Waals surface area contributed by atoms with Gasteiger partial charge in [0.2, 0.25) is 5.95 Å². The second kappa shape index (κ2) is 4.15. The van der Waals surface area contributed by atoms with Gasteiger partial charge in [-0.3, -0.25) is 15.2 Å². The maximum atomic E-state index is 11.6. The molecule has 8 heteroatoms. The minimum Gasteiger partial charge on any atom is -0.382 e. The number of nitrogen functional groups attached to an aromatic ring is 1. The van der Waals surface area contributed by atoms with E-state index in [1.54, 1.807) is 0 Å². The standard InChI is InChI=1S/C8H7ClN6O/c9-5-1-2-11-8(12-5)13-7(16)4-3-6(10)15-14-4/h1-3H,(H3,10,14,15)(H,11,12,13,16). The highest BCUT2D eigenvalue weighted by molar-refractivity contribution is 6.29. The van der Waals surface area contributed by atoms with Crippen molar-refractivity contribution in [2.24, 2.45) is 0 Å². The second-order valence-electron chi connectivity index (χ2n) is 2.86. The van der Waals surface area contributed by atoms with Gasteiger partial charge in [0.05, 0.1) is 0 Å². The number of aromatic amines is 1. The number of amides is 1. The third kappa shape index (κ3) is 2.26. The van der Waals surface area contributed by atoms with Crippen molar-refractivity contribution in [3.8, 4) is 0 Å². The highest BCUT2D eigenvalue weighted by Crippen LogP contribution is 2.07. The average molecular weight is 239 g/mol. The Kier molecular flexibility index (Phi) is 2.69. The van der Waals surface area contributed by atoms with Crippen LogP contribution in [0, 0.1) is 0 Å². The fourth-order valence-electron chi connectivity index (χ4n) is 1.02. The lowest BCUT2D eigenvalue weighted by atomic mass is 10.4. The van der Waals surface area contributed by atoms with Crippen LogP contribution < -0.4 is 11.1 Å². The quantitative estimate of drug-likeness (QED) is 0.667. The molecular weight excluding hydrogens is 232 g/mol. The van der Waals surface area contributed by atoms with Crippen molar-refractivity contribution in [2.75, 3.05) is 11.1 Å². The van der Waals surface area contributed by atoms with Crippen LogP contribution in [-0.4, -0.2) is 26.1 Å². The van der Waals surface area contributed by atoms with E-state index in [1.807, 2.05) is 0 Å². The van der Waals surface area contributed by atoms with Crippen LogP contribution in [0.5, 0.6) is 0 Å². The molecule has 0 aliphatic carbocycles. The molecule has 4 N–H and O–H groups in total. The Labute approximate surface area is 95.0 Å². The van der Waals surface area contributed by atoms with E-state index in [4.69, 9.17) is 17.3 Å². The first-order valence-corrected chi connectivity index (χ1v) is 4.64. The van der Waals surface area contributed by atoms with Crippen LogP contribution in [-0.2, 0) is 0 Å². The van der Waals surface area contributed by atoms with E-state index < -0.39 is 5.91 Å². The summed E-state index contributed by atoms with van der Waals surface area (Å²) in [5, 5.41) is 8.77. The fourth-order valence-corrected chi connectivity index (χ4v) is 1.16. The van der Waals surface area contributed by atoms with Gasteiger partial charge in [0.1, 0.15) is 16.7 Å². The van der Waals surface area contributed by atoms with Gasteiger partial charge in [-0.15, -0.1) is 0 Å². The molecule has 0 aliphatic heterocycles. The molecule has 0 saturated carbocycles. The molecule has 0 bridgehead atoms. The predicted molar refractivity (Wildman–Crippen MR) is 58.0 cm³/mol. The summed E-state index contributed by atoms with van der Waals surface area (Å²) >= 11 is 5.64. The molecule has 0 spiro atoms. The number of hydrogen-bond acceptors (Lipinski definition) is 5. The van der Waals surface area contributed by atoms with Crippen molar-refractivity contribution in [2.45, 2.75) is 0 Å². The second-order valence-corrected chi connectivity index (χ2v) is 3.25. The van der Waals surface area contributed by atoms with Crippen molar-refractivity contribution in [1.29, 1.82) is 0 Å². The topological polar surface area (TPSA) is 110 Å². The number of nitrogens with one attached hydrogen (secondary N) is 2. The molecule has 7 nitrogen and oxygen atoms in total. The molecule has 16 heavy (non-hydrogen) atoms. The number of halogens is 1. The Balaban J connectivity index is 2.13. The zero-order valence-corrected chi connectivity index (χ0v) is 8.69. The Hall–Kier alpha value is -2.15. The lowest BCUT2D eigenvalue weighted by Gasteiger charge is -2.00. The van der Waals surface area contributed by atoms with Crippen LogP contribution in [0.25, 0.3) is 0 Å². The first kappa shape index (κ1) is 10.4. The number of rotatable bonds is 2. The van der Waals surface area contributed by atoms with Gasteiger partial charge in [0.25, 0.3) is 5.91 Å². The molecule has 2 aromatic rings. The zero-order chi connectivity index (χ0) is 11.5. The molecule has 0 radical (unpaired) electrons. The number of carbonyl (C=O) groups excluding carboxylic acids is 1. The molecule has 0 unspecified atom stereocenters. The Bertz CT molecular complexity index is 525. The molecule has 0 aromatic carbocycles. The Morgan fingerprint density at radius 1 is 1.56 bits per heavy atom. The largest absolute Gasteiger partial charge is 0.382 e. The van der Waals surface area contributed by atoms with E-state index in [2.05, 4.69) is 25.5 Å². The van der Waals surface area contributed by atoms with Gasteiger partial charge in [-0.1, -0.05) is 11.6 Å². The van der Waals surface area contributed by atoms with Crippen molar-refractivity contribution < 1.29 is 4.79 Å². The molecule has 0 fully saturated rings. The van der Waals surface area contributed by atoms with Gasteiger partial charge >= 0.3 is 0 Å². The zero-order valence-electron chi connectivity index (χ0n) is 7.94. The summed E-state index contributed by atoms with van der Waals surface area (Å²) in [4.78, 5) is 19.2. The number of nitrogens with two attached hydrogens (primary N) is 1. The van der Waals surface area contributed by atoms with Gasteiger partial charge in [-0.25, -0.2) is 9.97 Å². The maximum Gasteiger partial charge on any atom is 0.276 e. The molecule has 1 amide bonds. The fraction of sp³-hybridized carbons (Fsp3) is 0. The summed E-state index contributed by atoms with van der Waals surface area (Å²) in [7, 11) is 0. The summed E-state index contributed by atoms with van der Waals surface area (Å²) in [5.74, 6) is -0.0886. The SMILES string of the molecule is Nc1cc(C(=O)Nc2nccc(Cl)n2)[nH]n1. The Morgan fingerprint density at radius 2 is 2.38 bits per heavy atom. The smallest absolute Gasteiger partial charge is 0.276 e. The number of anilines is 2. The lowest BCUT2D eigenvalue weighted by molar-refractivity contribution is 0.102. The van der Waals surface area contributed by atoms with Crippen molar-refractivity contribution >= 4 is 29.3 Å². The number of nitrogens with zero attached hydrogens (tertiary/aromatic N) is 3. The highest BCUT2D eigenvalue weighted by Gasteiger charge is 2.10.